The SMILES string of the molecule is C=CC1OC(C)(O)CC2(CO2)C1O. The summed E-state index contributed by atoms with van der Waals surface area (Å²) in [7, 11) is 0. The Balaban J connectivity index is 2.20. The van der Waals surface area contributed by atoms with Crippen molar-refractivity contribution in [1.82, 2.24) is 0 Å². The van der Waals surface area contributed by atoms with Gasteiger partial charge in [0.05, 0.1) is 6.61 Å². The summed E-state index contributed by atoms with van der Waals surface area (Å²) in [5.41, 5.74) is -0.597. The lowest BCUT2D eigenvalue weighted by atomic mass is 9.88. The molecule has 2 aliphatic rings. The first-order chi connectivity index (χ1) is 5.99. The summed E-state index contributed by atoms with van der Waals surface area (Å²) in [4.78, 5) is 0. The van der Waals surface area contributed by atoms with E-state index in [1.807, 2.05) is 0 Å². The van der Waals surface area contributed by atoms with Gasteiger partial charge in [-0.05, 0) is 6.92 Å². The van der Waals surface area contributed by atoms with Crippen molar-refractivity contribution >= 4 is 0 Å². The fourth-order valence-corrected chi connectivity index (χ4v) is 1.90. The van der Waals surface area contributed by atoms with Crippen LogP contribution in [-0.2, 0) is 9.47 Å². The van der Waals surface area contributed by atoms with Gasteiger partial charge in [-0.25, -0.2) is 0 Å². The van der Waals surface area contributed by atoms with Gasteiger partial charge in [-0.15, -0.1) is 6.58 Å². The number of hydrogen-bond acceptors (Lipinski definition) is 4. The van der Waals surface area contributed by atoms with Crippen molar-refractivity contribution in [3.63, 3.8) is 0 Å². The summed E-state index contributed by atoms with van der Waals surface area (Å²) in [6.45, 7) is 5.59. The maximum absolute atomic E-state index is 9.76. The van der Waals surface area contributed by atoms with E-state index in [-0.39, 0.29) is 0 Å². The Hall–Kier alpha value is -0.420. The van der Waals surface area contributed by atoms with Gasteiger partial charge in [0.25, 0.3) is 0 Å². The van der Waals surface area contributed by atoms with Gasteiger partial charge in [-0.1, -0.05) is 6.08 Å². The highest BCUT2D eigenvalue weighted by Gasteiger charge is 2.61. The first kappa shape index (κ1) is 9.15. The third kappa shape index (κ3) is 1.40. The average Bonchev–Trinajstić information content (AvgIpc) is 2.77. The summed E-state index contributed by atoms with van der Waals surface area (Å²) < 4.78 is 10.4. The minimum atomic E-state index is -1.23. The molecular formula is C9H14O4. The van der Waals surface area contributed by atoms with Crippen LogP contribution in [0, 0.1) is 0 Å². The van der Waals surface area contributed by atoms with Gasteiger partial charge in [-0.2, -0.15) is 0 Å². The largest absolute Gasteiger partial charge is 0.387 e. The minimum Gasteiger partial charge on any atom is -0.387 e. The first-order valence-corrected chi connectivity index (χ1v) is 4.34. The Kier molecular flexibility index (Phi) is 1.79. The fraction of sp³-hybridized carbons (Fsp3) is 0.778. The van der Waals surface area contributed by atoms with E-state index in [4.69, 9.17) is 9.47 Å². The number of epoxide rings is 1. The van der Waals surface area contributed by atoms with Crippen molar-refractivity contribution in [2.45, 2.75) is 36.9 Å². The van der Waals surface area contributed by atoms with E-state index in [0.29, 0.717) is 13.0 Å². The molecule has 0 aromatic carbocycles. The number of ether oxygens (including phenoxy) is 2. The van der Waals surface area contributed by atoms with Crippen molar-refractivity contribution in [2.24, 2.45) is 0 Å². The van der Waals surface area contributed by atoms with Crippen LogP contribution in [0.5, 0.6) is 0 Å². The normalized spacial score (nSPS) is 55.0. The third-order valence-electron chi connectivity index (χ3n) is 2.61. The zero-order valence-electron chi connectivity index (χ0n) is 7.56. The molecule has 1 spiro atoms. The van der Waals surface area contributed by atoms with E-state index in [2.05, 4.69) is 6.58 Å². The Labute approximate surface area is 76.8 Å². The van der Waals surface area contributed by atoms with Crippen LogP contribution in [0.15, 0.2) is 12.7 Å². The lowest BCUT2D eigenvalue weighted by Gasteiger charge is -2.40. The van der Waals surface area contributed by atoms with Gasteiger partial charge in [0.15, 0.2) is 5.79 Å². The quantitative estimate of drug-likeness (QED) is 0.440. The molecule has 0 aromatic rings. The topological polar surface area (TPSA) is 62.2 Å². The van der Waals surface area contributed by atoms with Crippen LogP contribution in [0.2, 0.25) is 0 Å². The van der Waals surface area contributed by atoms with Crippen molar-refractivity contribution in [1.29, 1.82) is 0 Å². The predicted molar refractivity (Wildman–Crippen MR) is 45.0 cm³/mol. The lowest BCUT2D eigenvalue weighted by Crippen LogP contribution is -2.54. The highest BCUT2D eigenvalue weighted by atomic mass is 16.7. The molecule has 2 saturated heterocycles. The zero-order valence-corrected chi connectivity index (χ0v) is 7.56. The summed E-state index contributed by atoms with van der Waals surface area (Å²) >= 11 is 0. The number of aliphatic hydroxyl groups excluding tert-OH is 1. The number of rotatable bonds is 1. The van der Waals surface area contributed by atoms with Gasteiger partial charge in [0.1, 0.15) is 17.8 Å². The monoisotopic (exact) mass is 186 g/mol. The summed E-state index contributed by atoms with van der Waals surface area (Å²) in [6.07, 6.45) is 0.532. The van der Waals surface area contributed by atoms with Crippen LogP contribution < -0.4 is 0 Å². The molecule has 0 amide bonds. The predicted octanol–water partition coefficient (Wildman–Crippen LogP) is -0.200. The van der Waals surface area contributed by atoms with Crippen LogP contribution in [0.1, 0.15) is 13.3 Å². The summed E-state index contributed by atoms with van der Waals surface area (Å²) in [5, 5.41) is 19.5. The van der Waals surface area contributed by atoms with Crippen molar-refractivity contribution in [2.75, 3.05) is 6.61 Å². The second kappa shape index (κ2) is 2.54. The third-order valence-corrected chi connectivity index (χ3v) is 2.61. The molecule has 0 aromatic heterocycles. The Morgan fingerprint density at radius 3 is 2.69 bits per heavy atom. The van der Waals surface area contributed by atoms with Gasteiger partial charge in [0.2, 0.25) is 0 Å². The van der Waals surface area contributed by atoms with Crippen molar-refractivity contribution in [3.05, 3.63) is 12.7 Å². The highest BCUT2D eigenvalue weighted by Crippen LogP contribution is 2.45. The van der Waals surface area contributed by atoms with Gasteiger partial charge in [0, 0.05) is 6.42 Å². The molecule has 0 radical (unpaired) electrons. The van der Waals surface area contributed by atoms with Gasteiger partial charge >= 0.3 is 0 Å². The second-order valence-corrected chi connectivity index (χ2v) is 3.97. The maximum atomic E-state index is 9.76. The zero-order chi connectivity index (χ0) is 9.69. The van der Waals surface area contributed by atoms with E-state index in [0.717, 1.165) is 0 Å². The molecule has 2 rings (SSSR count). The highest BCUT2D eigenvalue weighted by molar-refractivity contribution is 5.10. The summed E-state index contributed by atoms with van der Waals surface area (Å²) in [5.74, 6) is -1.23. The molecule has 2 fully saturated rings. The molecule has 4 atom stereocenters. The molecule has 4 heteroatoms. The maximum Gasteiger partial charge on any atom is 0.166 e. The average molecular weight is 186 g/mol. The standard InChI is InChI=1S/C9H14O4/c1-3-6-7(10)9(5-12-9)4-8(2,11)13-6/h3,6-7,10-11H,1,4-5H2,2H3. The summed E-state index contributed by atoms with van der Waals surface area (Å²) in [6, 6.07) is 0. The van der Waals surface area contributed by atoms with Crippen LogP contribution in [0.25, 0.3) is 0 Å². The molecule has 0 bridgehead atoms. The number of hydrogen-bond donors (Lipinski definition) is 2. The molecule has 4 unspecified atom stereocenters. The van der Waals surface area contributed by atoms with Crippen molar-refractivity contribution in [3.8, 4) is 0 Å². The lowest BCUT2D eigenvalue weighted by molar-refractivity contribution is -0.272. The van der Waals surface area contributed by atoms with E-state index in [1.54, 1.807) is 6.92 Å². The first-order valence-electron chi connectivity index (χ1n) is 4.34. The van der Waals surface area contributed by atoms with Crippen LogP contribution >= 0.6 is 0 Å². The van der Waals surface area contributed by atoms with E-state index in [9.17, 15) is 10.2 Å². The molecule has 74 valence electrons. The van der Waals surface area contributed by atoms with E-state index < -0.39 is 23.6 Å². The molecule has 4 nitrogen and oxygen atoms in total. The minimum absolute atomic E-state index is 0.311. The van der Waals surface area contributed by atoms with Crippen molar-refractivity contribution < 1.29 is 19.7 Å². The number of aliphatic hydroxyl groups is 2. The van der Waals surface area contributed by atoms with E-state index >= 15 is 0 Å². The smallest absolute Gasteiger partial charge is 0.166 e. The van der Waals surface area contributed by atoms with E-state index in [1.165, 1.54) is 6.08 Å². The van der Waals surface area contributed by atoms with Gasteiger partial charge in [-0.3, -0.25) is 0 Å². The molecule has 2 aliphatic heterocycles. The second-order valence-electron chi connectivity index (χ2n) is 3.97. The Morgan fingerprint density at radius 1 is 1.62 bits per heavy atom. The van der Waals surface area contributed by atoms with Crippen LogP contribution in [0.4, 0.5) is 0 Å². The molecule has 0 saturated carbocycles. The fourth-order valence-electron chi connectivity index (χ4n) is 1.90. The molecular weight excluding hydrogens is 172 g/mol. The Bertz CT molecular complexity index is 232. The molecule has 2 heterocycles. The molecule has 13 heavy (non-hydrogen) atoms. The van der Waals surface area contributed by atoms with Gasteiger partial charge < -0.3 is 19.7 Å². The van der Waals surface area contributed by atoms with Crippen LogP contribution in [0.3, 0.4) is 0 Å². The van der Waals surface area contributed by atoms with Crippen LogP contribution in [-0.4, -0.2) is 40.4 Å². The molecule has 0 aliphatic carbocycles. The molecule has 2 N–H and O–H groups in total. The Morgan fingerprint density at radius 2 is 2.23 bits per heavy atom.